The number of hydrogen-bond donors (Lipinski definition) is 1. The summed E-state index contributed by atoms with van der Waals surface area (Å²) in [4.78, 5) is 16.0. The Morgan fingerprint density at radius 3 is 2.48 bits per heavy atom. The van der Waals surface area contributed by atoms with Gasteiger partial charge in [-0.25, -0.2) is 8.42 Å². The summed E-state index contributed by atoms with van der Waals surface area (Å²) in [5.41, 5.74) is 0.673. The molecule has 10 heteroatoms. The molecule has 2 aromatic heterocycles. The summed E-state index contributed by atoms with van der Waals surface area (Å²) in [7, 11) is -3.47. The minimum atomic E-state index is -3.47. The minimum absolute atomic E-state index is 0.000208. The number of amides is 1. The Labute approximate surface area is 160 Å². The summed E-state index contributed by atoms with van der Waals surface area (Å²) in [6.45, 7) is 0. The Bertz CT molecular complexity index is 1020. The Kier molecular flexibility index (Phi) is 5.82. The number of sulfone groups is 1. The van der Waals surface area contributed by atoms with E-state index in [-0.39, 0.29) is 35.4 Å². The normalized spacial score (nSPS) is 11.3. The Morgan fingerprint density at radius 1 is 1.07 bits per heavy atom. The second-order valence-electron chi connectivity index (χ2n) is 5.57. The zero-order valence-corrected chi connectivity index (χ0v) is 15.6. The topological polar surface area (TPSA) is 115 Å². The monoisotopic (exact) mass is 406 g/mol. The van der Waals surface area contributed by atoms with Gasteiger partial charge in [-0.05, 0) is 42.8 Å². The first-order valence-electron chi connectivity index (χ1n) is 7.96. The van der Waals surface area contributed by atoms with Gasteiger partial charge in [-0.1, -0.05) is 16.7 Å². The molecule has 140 valence electrons. The van der Waals surface area contributed by atoms with Crippen LogP contribution in [-0.2, 0) is 14.6 Å². The van der Waals surface area contributed by atoms with Crippen molar-refractivity contribution in [3.8, 4) is 11.5 Å². The lowest BCUT2D eigenvalue weighted by Gasteiger charge is -2.04. The van der Waals surface area contributed by atoms with Crippen molar-refractivity contribution in [3.05, 3.63) is 53.8 Å². The van der Waals surface area contributed by atoms with Crippen LogP contribution in [0.3, 0.4) is 0 Å². The van der Waals surface area contributed by atoms with Crippen molar-refractivity contribution in [1.29, 1.82) is 0 Å². The second-order valence-corrected chi connectivity index (χ2v) is 8.12. The van der Waals surface area contributed by atoms with Crippen LogP contribution in [0.2, 0.25) is 5.02 Å². The fourth-order valence-corrected chi connectivity index (χ4v) is 3.69. The Hall–Kier alpha value is -2.78. The van der Waals surface area contributed by atoms with Crippen molar-refractivity contribution in [3.63, 3.8) is 0 Å². The van der Waals surface area contributed by atoms with Crippen LogP contribution in [0.25, 0.3) is 11.5 Å². The molecule has 0 saturated heterocycles. The third-order valence-corrected chi connectivity index (χ3v) is 5.66. The number of anilines is 1. The van der Waals surface area contributed by atoms with Crippen LogP contribution >= 0.6 is 11.6 Å². The highest BCUT2D eigenvalue weighted by Gasteiger charge is 2.16. The summed E-state index contributed by atoms with van der Waals surface area (Å²) in [5, 5.41) is 10.5. The van der Waals surface area contributed by atoms with Gasteiger partial charge in [-0.3, -0.25) is 15.1 Å². The number of nitrogens with one attached hydrogen (secondary N) is 1. The number of rotatable bonds is 7. The number of pyridine rings is 1. The lowest BCUT2D eigenvalue weighted by Crippen LogP contribution is -2.14. The van der Waals surface area contributed by atoms with Crippen LogP contribution < -0.4 is 5.32 Å². The van der Waals surface area contributed by atoms with Crippen LogP contribution in [0.15, 0.2) is 58.1 Å². The summed E-state index contributed by atoms with van der Waals surface area (Å²) in [5.74, 6) is -0.321. The van der Waals surface area contributed by atoms with Crippen molar-refractivity contribution < 1.29 is 17.6 Å². The number of nitrogens with zero attached hydrogens (tertiary/aromatic N) is 3. The quantitative estimate of drug-likeness (QED) is 0.641. The SMILES string of the molecule is O=C(CCCS(=O)(=O)c1ccc(Cl)cc1)Nc1nnc(-c2ccncc2)o1. The molecule has 0 aliphatic carbocycles. The molecule has 0 unspecified atom stereocenters. The van der Waals surface area contributed by atoms with Gasteiger partial charge in [-0.2, -0.15) is 0 Å². The molecule has 0 fully saturated rings. The van der Waals surface area contributed by atoms with E-state index in [1.54, 1.807) is 24.5 Å². The van der Waals surface area contributed by atoms with Crippen LogP contribution in [0, 0.1) is 0 Å². The molecule has 0 aliphatic heterocycles. The van der Waals surface area contributed by atoms with E-state index in [9.17, 15) is 13.2 Å². The number of carbonyl (C=O) groups is 1. The van der Waals surface area contributed by atoms with Crippen molar-refractivity contribution in [2.45, 2.75) is 17.7 Å². The molecule has 0 aliphatic rings. The van der Waals surface area contributed by atoms with E-state index < -0.39 is 15.7 Å². The molecule has 1 aromatic carbocycles. The summed E-state index contributed by atoms with van der Waals surface area (Å²) >= 11 is 5.75. The zero-order valence-electron chi connectivity index (χ0n) is 14.0. The molecular formula is C17H15ClN4O4S. The predicted octanol–water partition coefficient (Wildman–Crippen LogP) is 2.98. The minimum Gasteiger partial charge on any atom is -0.403 e. The van der Waals surface area contributed by atoms with Gasteiger partial charge in [0.2, 0.25) is 11.8 Å². The molecule has 8 nitrogen and oxygen atoms in total. The van der Waals surface area contributed by atoms with E-state index in [0.717, 1.165) is 0 Å². The highest BCUT2D eigenvalue weighted by molar-refractivity contribution is 7.91. The van der Waals surface area contributed by atoms with E-state index in [1.165, 1.54) is 24.3 Å². The molecule has 3 rings (SSSR count). The van der Waals surface area contributed by atoms with E-state index in [0.29, 0.717) is 10.6 Å². The third kappa shape index (κ3) is 5.11. The van der Waals surface area contributed by atoms with Crippen molar-refractivity contribution in [2.75, 3.05) is 11.1 Å². The van der Waals surface area contributed by atoms with Gasteiger partial charge in [0.15, 0.2) is 9.84 Å². The molecule has 0 saturated carbocycles. The van der Waals surface area contributed by atoms with Gasteiger partial charge in [0, 0.05) is 29.4 Å². The van der Waals surface area contributed by atoms with Crippen LogP contribution in [0.1, 0.15) is 12.8 Å². The Morgan fingerprint density at radius 2 is 1.78 bits per heavy atom. The van der Waals surface area contributed by atoms with Crippen molar-refractivity contribution >= 4 is 33.4 Å². The van der Waals surface area contributed by atoms with E-state index in [2.05, 4.69) is 20.5 Å². The van der Waals surface area contributed by atoms with Gasteiger partial charge in [0.05, 0.1) is 10.6 Å². The molecular weight excluding hydrogens is 392 g/mol. The lowest BCUT2D eigenvalue weighted by molar-refractivity contribution is -0.116. The number of halogens is 1. The summed E-state index contributed by atoms with van der Waals surface area (Å²) in [6.07, 6.45) is 3.32. The van der Waals surface area contributed by atoms with E-state index in [4.69, 9.17) is 16.0 Å². The molecule has 0 atom stereocenters. The first-order valence-corrected chi connectivity index (χ1v) is 9.99. The average molecular weight is 407 g/mol. The van der Waals surface area contributed by atoms with Crippen molar-refractivity contribution in [1.82, 2.24) is 15.2 Å². The third-order valence-electron chi connectivity index (χ3n) is 3.59. The maximum atomic E-state index is 12.2. The fourth-order valence-electron chi connectivity index (χ4n) is 2.25. The number of hydrogen-bond acceptors (Lipinski definition) is 7. The molecule has 1 amide bonds. The molecule has 0 spiro atoms. The highest BCUT2D eigenvalue weighted by atomic mass is 35.5. The summed E-state index contributed by atoms with van der Waals surface area (Å²) in [6, 6.07) is 9.25. The van der Waals surface area contributed by atoms with Gasteiger partial charge >= 0.3 is 6.01 Å². The van der Waals surface area contributed by atoms with Gasteiger partial charge < -0.3 is 4.42 Å². The first-order chi connectivity index (χ1) is 12.9. The van der Waals surface area contributed by atoms with Gasteiger partial charge in [0.1, 0.15) is 0 Å². The molecule has 0 radical (unpaired) electrons. The number of carbonyl (C=O) groups excluding carboxylic acids is 1. The zero-order chi connectivity index (χ0) is 19.3. The maximum Gasteiger partial charge on any atom is 0.322 e. The van der Waals surface area contributed by atoms with Crippen LogP contribution in [0.4, 0.5) is 6.01 Å². The highest BCUT2D eigenvalue weighted by Crippen LogP contribution is 2.19. The number of aromatic nitrogens is 3. The lowest BCUT2D eigenvalue weighted by atomic mass is 10.3. The Balaban J connectivity index is 1.51. The summed E-state index contributed by atoms with van der Waals surface area (Å²) < 4.78 is 29.8. The smallest absolute Gasteiger partial charge is 0.322 e. The number of benzene rings is 1. The molecule has 0 bridgehead atoms. The van der Waals surface area contributed by atoms with E-state index in [1.807, 2.05) is 0 Å². The van der Waals surface area contributed by atoms with Crippen LogP contribution in [0.5, 0.6) is 0 Å². The molecule has 1 N–H and O–H groups in total. The van der Waals surface area contributed by atoms with Crippen LogP contribution in [-0.4, -0.2) is 35.3 Å². The first kappa shape index (κ1) is 19.0. The second kappa shape index (κ2) is 8.28. The van der Waals surface area contributed by atoms with E-state index >= 15 is 0 Å². The molecule has 3 aromatic rings. The molecule has 27 heavy (non-hydrogen) atoms. The standard InChI is InChI=1S/C17H15ClN4O4S/c18-13-3-5-14(6-4-13)27(24,25)11-1-2-15(23)20-17-22-21-16(26-17)12-7-9-19-10-8-12/h3-10H,1-2,11H2,(H,20,22,23). The largest absolute Gasteiger partial charge is 0.403 e. The predicted molar refractivity (Wildman–Crippen MR) is 98.9 cm³/mol. The molecule has 2 heterocycles. The fraction of sp³-hybridized carbons (Fsp3) is 0.176. The average Bonchev–Trinajstić information content (AvgIpc) is 3.11. The van der Waals surface area contributed by atoms with Crippen molar-refractivity contribution in [2.24, 2.45) is 0 Å². The maximum absolute atomic E-state index is 12.2. The van der Waals surface area contributed by atoms with Gasteiger partial charge in [-0.15, -0.1) is 5.10 Å². The van der Waals surface area contributed by atoms with Gasteiger partial charge in [0.25, 0.3) is 0 Å².